The highest BCUT2D eigenvalue weighted by atomic mass is 32.2. The van der Waals surface area contributed by atoms with E-state index in [4.69, 9.17) is 5.11 Å². The quantitative estimate of drug-likeness (QED) is 0.816. The molecule has 1 aromatic carbocycles. The van der Waals surface area contributed by atoms with Gasteiger partial charge in [0.05, 0.1) is 11.3 Å². The number of hydrogen-bond donors (Lipinski definition) is 2. The van der Waals surface area contributed by atoms with Crippen molar-refractivity contribution in [2.75, 3.05) is 45.2 Å². The maximum atomic E-state index is 12.2. The predicted octanol–water partition coefficient (Wildman–Crippen LogP) is 0.0447. The minimum Gasteiger partial charge on any atom is -0.478 e. The maximum Gasteiger partial charge on any atom is 0.335 e. The van der Waals surface area contributed by atoms with Crippen LogP contribution in [0.4, 0.5) is 5.69 Å². The molecule has 1 aliphatic heterocycles. The molecule has 0 spiro atoms. The number of carboxylic acid groups (broad SMARTS) is 1. The lowest BCUT2D eigenvalue weighted by Crippen LogP contribution is -2.45. The van der Waals surface area contributed by atoms with Gasteiger partial charge < -0.3 is 14.9 Å². The first-order chi connectivity index (χ1) is 9.85. The number of anilines is 1. The molecule has 0 unspecified atom stereocenters. The second kappa shape index (κ2) is 6.00. The third kappa shape index (κ3) is 3.34. The first kappa shape index (κ1) is 15.7. The van der Waals surface area contributed by atoms with E-state index < -0.39 is 16.0 Å². The number of piperazine rings is 1. The van der Waals surface area contributed by atoms with Crippen molar-refractivity contribution in [3.63, 3.8) is 0 Å². The van der Waals surface area contributed by atoms with E-state index in [1.54, 1.807) is 6.07 Å². The van der Waals surface area contributed by atoms with Gasteiger partial charge in [-0.05, 0) is 32.3 Å². The number of hydrogen-bond acceptors (Lipinski definition) is 5. The predicted molar refractivity (Wildman–Crippen MR) is 79.4 cm³/mol. The monoisotopic (exact) mass is 313 g/mol. The molecule has 1 aliphatic rings. The molecule has 1 heterocycles. The zero-order valence-electron chi connectivity index (χ0n) is 12.0. The van der Waals surface area contributed by atoms with Gasteiger partial charge in [-0.1, -0.05) is 0 Å². The Kier molecular flexibility index (Phi) is 4.50. The zero-order valence-corrected chi connectivity index (χ0v) is 12.9. The van der Waals surface area contributed by atoms with Crippen molar-refractivity contribution in [1.29, 1.82) is 0 Å². The van der Waals surface area contributed by atoms with E-state index in [1.165, 1.54) is 19.2 Å². The number of nitrogens with zero attached hydrogens (tertiary/aromatic N) is 2. The van der Waals surface area contributed by atoms with Crippen molar-refractivity contribution in [2.45, 2.75) is 4.90 Å². The van der Waals surface area contributed by atoms with Crippen LogP contribution >= 0.6 is 0 Å². The number of likely N-dealkylation sites (N-methyl/N-ethyl adjacent to an activating group) is 1. The molecule has 0 radical (unpaired) electrons. The minimum absolute atomic E-state index is 0.00875. The molecule has 116 valence electrons. The molecule has 0 amide bonds. The Bertz CT molecular complexity index is 637. The Morgan fingerprint density at radius 1 is 1.24 bits per heavy atom. The summed E-state index contributed by atoms with van der Waals surface area (Å²) in [5.74, 6) is -1.15. The van der Waals surface area contributed by atoms with E-state index in [1.807, 2.05) is 11.9 Å². The van der Waals surface area contributed by atoms with Gasteiger partial charge in [0, 0.05) is 26.2 Å². The van der Waals surface area contributed by atoms with E-state index >= 15 is 0 Å². The van der Waals surface area contributed by atoms with Gasteiger partial charge in [-0.25, -0.2) is 17.9 Å². The third-order valence-corrected chi connectivity index (χ3v) is 5.05. The summed E-state index contributed by atoms with van der Waals surface area (Å²) in [5.41, 5.74) is 0.504. The smallest absolute Gasteiger partial charge is 0.335 e. The minimum atomic E-state index is -3.72. The largest absolute Gasteiger partial charge is 0.478 e. The molecule has 0 atom stereocenters. The molecule has 21 heavy (non-hydrogen) atoms. The summed E-state index contributed by atoms with van der Waals surface area (Å²) < 4.78 is 26.6. The van der Waals surface area contributed by atoms with E-state index in [9.17, 15) is 13.2 Å². The Morgan fingerprint density at radius 3 is 2.38 bits per heavy atom. The van der Waals surface area contributed by atoms with Crippen molar-refractivity contribution >= 4 is 21.7 Å². The number of carbonyl (C=O) groups is 1. The number of carboxylic acids is 1. The molecule has 2 N–H and O–H groups in total. The van der Waals surface area contributed by atoms with Crippen LogP contribution in [0.3, 0.4) is 0 Å². The molecule has 7 nitrogen and oxygen atoms in total. The molecule has 2 rings (SSSR count). The molecule has 8 heteroatoms. The van der Waals surface area contributed by atoms with E-state index in [-0.39, 0.29) is 10.5 Å². The van der Waals surface area contributed by atoms with Crippen LogP contribution in [0, 0.1) is 0 Å². The summed E-state index contributed by atoms with van der Waals surface area (Å²) in [6.45, 7) is 3.07. The standard InChI is InChI=1S/C13H19N3O4S/c1-14-21(19,20)12-9-10(13(17)18)3-4-11(12)16-7-5-15(2)6-8-16/h3-4,9,14H,5-8H2,1-2H3,(H,17,18). The fourth-order valence-electron chi connectivity index (χ4n) is 2.28. The summed E-state index contributed by atoms with van der Waals surface area (Å²) >= 11 is 0. The SMILES string of the molecule is CNS(=O)(=O)c1cc(C(=O)O)ccc1N1CCN(C)CC1. The van der Waals surface area contributed by atoms with Gasteiger partial charge in [0.2, 0.25) is 10.0 Å². The molecule has 1 fully saturated rings. The Hall–Kier alpha value is -1.64. The molecule has 0 saturated carbocycles. The van der Waals surface area contributed by atoms with Crippen LogP contribution < -0.4 is 9.62 Å². The first-order valence-electron chi connectivity index (χ1n) is 6.59. The Labute approximate surface area is 124 Å². The first-order valence-corrected chi connectivity index (χ1v) is 8.08. The third-order valence-electron chi connectivity index (χ3n) is 3.61. The van der Waals surface area contributed by atoms with Gasteiger partial charge in [0.25, 0.3) is 0 Å². The van der Waals surface area contributed by atoms with Crippen molar-refractivity contribution in [2.24, 2.45) is 0 Å². The average Bonchev–Trinajstić information content (AvgIpc) is 2.47. The van der Waals surface area contributed by atoms with Crippen molar-refractivity contribution in [3.8, 4) is 0 Å². The van der Waals surface area contributed by atoms with Crippen molar-refractivity contribution < 1.29 is 18.3 Å². The van der Waals surface area contributed by atoms with Gasteiger partial charge in [0.1, 0.15) is 4.90 Å². The van der Waals surface area contributed by atoms with Crippen LogP contribution in [0.5, 0.6) is 0 Å². The maximum absolute atomic E-state index is 12.2. The fourth-order valence-corrected chi connectivity index (χ4v) is 3.26. The van der Waals surface area contributed by atoms with Crippen LogP contribution in [0.25, 0.3) is 0 Å². The molecular weight excluding hydrogens is 294 g/mol. The number of sulfonamides is 1. The Balaban J connectivity index is 2.47. The highest BCUT2D eigenvalue weighted by Crippen LogP contribution is 2.27. The zero-order chi connectivity index (χ0) is 15.6. The van der Waals surface area contributed by atoms with Crippen molar-refractivity contribution in [3.05, 3.63) is 23.8 Å². The average molecular weight is 313 g/mol. The summed E-state index contributed by atoms with van der Waals surface area (Å²) in [4.78, 5) is 15.2. The van der Waals surface area contributed by atoms with Crippen LogP contribution in [0.2, 0.25) is 0 Å². The fraction of sp³-hybridized carbons (Fsp3) is 0.462. The second-order valence-electron chi connectivity index (χ2n) is 4.99. The van der Waals surface area contributed by atoms with E-state index in [2.05, 4.69) is 9.62 Å². The lowest BCUT2D eigenvalue weighted by Gasteiger charge is -2.35. The van der Waals surface area contributed by atoms with Crippen LogP contribution in [0.1, 0.15) is 10.4 Å². The molecule has 1 saturated heterocycles. The highest BCUT2D eigenvalue weighted by Gasteiger charge is 2.24. The van der Waals surface area contributed by atoms with Gasteiger partial charge in [0.15, 0.2) is 0 Å². The second-order valence-corrected chi connectivity index (χ2v) is 6.84. The summed E-state index contributed by atoms with van der Waals surface area (Å²) in [6, 6.07) is 4.21. The van der Waals surface area contributed by atoms with Gasteiger partial charge in [-0.2, -0.15) is 0 Å². The van der Waals surface area contributed by atoms with Gasteiger partial charge in [-0.3, -0.25) is 0 Å². The number of nitrogens with one attached hydrogen (secondary N) is 1. The van der Waals surface area contributed by atoms with E-state index in [0.717, 1.165) is 13.1 Å². The van der Waals surface area contributed by atoms with Gasteiger partial charge in [-0.15, -0.1) is 0 Å². The molecule has 1 aromatic rings. The van der Waals surface area contributed by atoms with Gasteiger partial charge >= 0.3 is 5.97 Å². The van der Waals surface area contributed by atoms with Crippen LogP contribution in [0.15, 0.2) is 23.1 Å². The highest BCUT2D eigenvalue weighted by molar-refractivity contribution is 7.89. The summed E-state index contributed by atoms with van der Waals surface area (Å²) in [5, 5.41) is 9.05. The Morgan fingerprint density at radius 2 is 1.86 bits per heavy atom. The lowest BCUT2D eigenvalue weighted by molar-refractivity contribution is 0.0696. The summed E-state index contributed by atoms with van der Waals surface area (Å²) in [7, 11) is -0.390. The van der Waals surface area contributed by atoms with E-state index in [0.29, 0.717) is 18.8 Å². The van der Waals surface area contributed by atoms with Crippen molar-refractivity contribution in [1.82, 2.24) is 9.62 Å². The summed E-state index contributed by atoms with van der Waals surface area (Å²) in [6.07, 6.45) is 0. The molecule has 0 aliphatic carbocycles. The topological polar surface area (TPSA) is 89.9 Å². The van der Waals surface area contributed by atoms with Crippen LogP contribution in [-0.2, 0) is 10.0 Å². The molecule has 0 aromatic heterocycles. The number of rotatable bonds is 4. The molecule has 0 bridgehead atoms. The number of aromatic carboxylic acids is 1. The van der Waals surface area contributed by atoms with Crippen LogP contribution in [-0.4, -0.2) is 64.7 Å². The lowest BCUT2D eigenvalue weighted by atomic mass is 10.2. The number of benzene rings is 1. The molecular formula is C13H19N3O4S. The normalized spacial score (nSPS) is 17.0.